The Morgan fingerprint density at radius 3 is 1.20 bits per heavy atom. The molecule has 2 rings (SSSR count). The Labute approximate surface area is 260 Å². The van der Waals surface area contributed by atoms with Gasteiger partial charge in [-0.05, 0) is 32.9 Å². The molecule has 0 saturated heterocycles. The van der Waals surface area contributed by atoms with Crippen molar-refractivity contribution in [3.8, 4) is 0 Å². The average Bonchev–Trinajstić information content (AvgIpc) is 3.22. The van der Waals surface area contributed by atoms with Crippen molar-refractivity contribution in [1.29, 1.82) is 0 Å². The van der Waals surface area contributed by atoms with Crippen molar-refractivity contribution in [2.75, 3.05) is 112 Å². The number of esters is 1. The highest BCUT2D eigenvalue weighted by Gasteiger charge is 2.34. The molecule has 1 aromatic carbocycles. The van der Waals surface area contributed by atoms with Crippen LogP contribution in [0.1, 0.15) is 47.9 Å². The van der Waals surface area contributed by atoms with Crippen LogP contribution in [-0.4, -0.2) is 141 Å². The van der Waals surface area contributed by atoms with Crippen molar-refractivity contribution in [3.63, 3.8) is 0 Å². The molecule has 1 heterocycles. The molecule has 250 valence electrons. The smallest absolute Gasteiger partial charge is 0.308 e. The Morgan fingerprint density at radius 2 is 0.864 bits per heavy atom. The normalized spacial score (nSPS) is 13.1. The van der Waals surface area contributed by atoms with Gasteiger partial charge in [-0.1, -0.05) is 12.1 Å². The molecule has 0 bridgehead atoms. The second kappa shape index (κ2) is 22.9. The number of ether oxygens (including phenoxy) is 9. The summed E-state index contributed by atoms with van der Waals surface area (Å²) in [6, 6.07) is 6.81. The molecule has 1 aliphatic rings. The second-order valence-electron chi connectivity index (χ2n) is 10.5. The standard InChI is InChI=1S/C31H49NO12/c1-31(2,3)44-28(33)8-10-36-12-14-38-16-18-40-20-22-42-24-25-43-23-21-41-19-17-39-15-13-37-11-9-32-29(34)26-6-4-5-7-27(26)30(32)35/h4-7H,8-25H2,1-3H3. The average molecular weight is 628 g/mol. The number of amides is 2. The molecule has 0 unspecified atom stereocenters. The highest BCUT2D eigenvalue weighted by molar-refractivity contribution is 6.21. The van der Waals surface area contributed by atoms with E-state index in [1.807, 2.05) is 20.8 Å². The zero-order valence-electron chi connectivity index (χ0n) is 26.4. The number of nitrogens with zero attached hydrogens (tertiary/aromatic N) is 1. The lowest BCUT2D eigenvalue weighted by Crippen LogP contribution is -2.33. The van der Waals surface area contributed by atoms with E-state index in [9.17, 15) is 14.4 Å². The number of fused-ring (bicyclic) bond motifs is 1. The van der Waals surface area contributed by atoms with E-state index in [-0.39, 0.29) is 37.4 Å². The fraction of sp³-hybridized carbons (Fsp3) is 0.710. The molecule has 0 saturated carbocycles. The predicted molar refractivity (Wildman–Crippen MR) is 159 cm³/mol. The zero-order chi connectivity index (χ0) is 31.9. The molecular formula is C31H49NO12. The Morgan fingerprint density at radius 1 is 0.545 bits per heavy atom. The van der Waals surface area contributed by atoms with E-state index < -0.39 is 5.60 Å². The first-order valence-corrected chi connectivity index (χ1v) is 15.1. The van der Waals surface area contributed by atoms with Gasteiger partial charge in [-0.2, -0.15) is 0 Å². The highest BCUT2D eigenvalue weighted by atomic mass is 16.6. The van der Waals surface area contributed by atoms with Gasteiger partial charge in [-0.15, -0.1) is 0 Å². The van der Waals surface area contributed by atoms with Gasteiger partial charge in [0.05, 0.1) is 130 Å². The van der Waals surface area contributed by atoms with Crippen molar-refractivity contribution in [2.45, 2.75) is 32.8 Å². The molecule has 1 aliphatic heterocycles. The van der Waals surface area contributed by atoms with Gasteiger partial charge in [0.25, 0.3) is 11.8 Å². The Balaban J connectivity index is 1.22. The van der Waals surface area contributed by atoms with Crippen molar-refractivity contribution in [2.24, 2.45) is 0 Å². The maximum absolute atomic E-state index is 12.3. The largest absolute Gasteiger partial charge is 0.460 e. The van der Waals surface area contributed by atoms with Crippen molar-refractivity contribution in [1.82, 2.24) is 4.90 Å². The molecular weight excluding hydrogens is 578 g/mol. The summed E-state index contributed by atoms with van der Waals surface area (Å²) in [6.45, 7) is 12.5. The van der Waals surface area contributed by atoms with Gasteiger partial charge >= 0.3 is 5.97 Å². The maximum Gasteiger partial charge on any atom is 0.308 e. The maximum atomic E-state index is 12.3. The highest BCUT2D eigenvalue weighted by Crippen LogP contribution is 2.21. The van der Waals surface area contributed by atoms with E-state index in [1.54, 1.807) is 24.3 Å². The summed E-state index contributed by atoms with van der Waals surface area (Å²) >= 11 is 0. The van der Waals surface area contributed by atoms with Crippen LogP contribution in [-0.2, 0) is 47.4 Å². The van der Waals surface area contributed by atoms with Crippen molar-refractivity contribution in [3.05, 3.63) is 35.4 Å². The summed E-state index contributed by atoms with van der Waals surface area (Å²) < 4.78 is 48.7. The zero-order valence-corrected chi connectivity index (χ0v) is 26.4. The third kappa shape index (κ3) is 17.1. The summed E-state index contributed by atoms with van der Waals surface area (Å²) in [7, 11) is 0. The first-order valence-electron chi connectivity index (χ1n) is 15.1. The molecule has 1 aromatic rings. The number of imide groups is 1. The molecule has 0 fully saturated rings. The predicted octanol–water partition coefficient (Wildman–Crippen LogP) is 2.15. The number of hydrogen-bond acceptors (Lipinski definition) is 12. The van der Waals surface area contributed by atoms with E-state index >= 15 is 0 Å². The third-order valence-corrected chi connectivity index (χ3v) is 5.81. The fourth-order valence-electron chi connectivity index (χ4n) is 3.79. The quantitative estimate of drug-likeness (QED) is 0.0803. The lowest BCUT2D eigenvalue weighted by Gasteiger charge is -2.19. The molecule has 0 aliphatic carbocycles. The summed E-state index contributed by atoms with van der Waals surface area (Å²) in [5, 5.41) is 0. The van der Waals surface area contributed by atoms with Gasteiger partial charge in [-0.3, -0.25) is 19.3 Å². The number of carbonyl (C=O) groups is 3. The van der Waals surface area contributed by atoms with E-state index in [1.165, 1.54) is 4.90 Å². The first-order chi connectivity index (χ1) is 21.3. The third-order valence-electron chi connectivity index (χ3n) is 5.81. The lowest BCUT2D eigenvalue weighted by molar-refractivity contribution is -0.156. The number of hydrogen-bond donors (Lipinski definition) is 0. The van der Waals surface area contributed by atoms with Gasteiger partial charge in [0, 0.05) is 0 Å². The van der Waals surface area contributed by atoms with Crippen LogP contribution in [0.2, 0.25) is 0 Å². The van der Waals surface area contributed by atoms with Crippen LogP contribution in [0.3, 0.4) is 0 Å². The van der Waals surface area contributed by atoms with Crippen molar-refractivity contribution >= 4 is 17.8 Å². The number of carbonyl (C=O) groups excluding carboxylic acids is 3. The summed E-state index contributed by atoms with van der Waals surface area (Å²) in [6.07, 6.45) is 0.224. The van der Waals surface area contributed by atoms with Gasteiger partial charge in [0.15, 0.2) is 0 Å². The minimum absolute atomic E-state index is 0.211. The Hall–Kier alpha value is -2.49. The molecule has 0 aromatic heterocycles. The van der Waals surface area contributed by atoms with Gasteiger partial charge < -0.3 is 42.6 Å². The molecule has 13 heteroatoms. The molecule has 44 heavy (non-hydrogen) atoms. The van der Waals surface area contributed by atoms with E-state index in [0.29, 0.717) is 110 Å². The van der Waals surface area contributed by atoms with Crippen LogP contribution in [0.4, 0.5) is 0 Å². The summed E-state index contributed by atoms with van der Waals surface area (Å²) in [5.74, 6) is -0.833. The topological polar surface area (TPSA) is 138 Å². The van der Waals surface area contributed by atoms with E-state index in [2.05, 4.69) is 0 Å². The molecule has 0 atom stereocenters. The van der Waals surface area contributed by atoms with Crippen LogP contribution in [0.5, 0.6) is 0 Å². The van der Waals surface area contributed by atoms with Crippen LogP contribution >= 0.6 is 0 Å². The summed E-state index contributed by atoms with van der Waals surface area (Å²) in [4.78, 5) is 37.3. The van der Waals surface area contributed by atoms with Crippen LogP contribution in [0.15, 0.2) is 24.3 Å². The number of benzene rings is 1. The second-order valence-corrected chi connectivity index (χ2v) is 10.5. The molecule has 0 spiro atoms. The monoisotopic (exact) mass is 627 g/mol. The van der Waals surface area contributed by atoms with Crippen LogP contribution in [0.25, 0.3) is 0 Å². The van der Waals surface area contributed by atoms with Crippen molar-refractivity contribution < 1.29 is 57.0 Å². The SMILES string of the molecule is CC(C)(C)OC(=O)CCOCCOCCOCCOCCOCCOCCOCCOCCN1C(=O)c2ccccc2C1=O. The Bertz CT molecular complexity index is 917. The molecule has 2 amide bonds. The Kier molecular flexibility index (Phi) is 19.6. The first kappa shape index (κ1) is 37.7. The van der Waals surface area contributed by atoms with Gasteiger partial charge in [0.2, 0.25) is 0 Å². The van der Waals surface area contributed by atoms with Crippen LogP contribution in [0, 0.1) is 0 Å². The van der Waals surface area contributed by atoms with E-state index in [4.69, 9.17) is 42.6 Å². The summed E-state index contributed by atoms with van der Waals surface area (Å²) in [5.41, 5.74) is 0.399. The molecule has 0 radical (unpaired) electrons. The van der Waals surface area contributed by atoms with Gasteiger partial charge in [-0.25, -0.2) is 0 Å². The molecule has 13 nitrogen and oxygen atoms in total. The minimum Gasteiger partial charge on any atom is -0.460 e. The van der Waals surface area contributed by atoms with Gasteiger partial charge in [0.1, 0.15) is 5.60 Å². The van der Waals surface area contributed by atoms with Crippen LogP contribution < -0.4 is 0 Å². The van der Waals surface area contributed by atoms with E-state index in [0.717, 1.165) is 0 Å². The minimum atomic E-state index is -0.480. The number of rotatable bonds is 27. The fourth-order valence-corrected chi connectivity index (χ4v) is 3.79. The lowest BCUT2D eigenvalue weighted by atomic mass is 10.1. The molecule has 0 N–H and O–H groups in total.